The SMILES string of the molecule is CN=C(NCCCCCC(=O)OC)NCc1ccc(COCC(F)(F)F)cc1. The number of carbonyl (C=O) groups excluding carboxylic acids is 1. The van der Waals surface area contributed by atoms with Crippen LogP contribution in [0, 0.1) is 0 Å². The molecule has 0 aliphatic carbocycles. The number of hydrogen-bond acceptors (Lipinski definition) is 4. The quantitative estimate of drug-likeness (QED) is 0.257. The lowest BCUT2D eigenvalue weighted by Crippen LogP contribution is -2.37. The Morgan fingerprint density at radius 2 is 1.75 bits per heavy atom. The lowest BCUT2D eigenvalue weighted by atomic mass is 10.1. The van der Waals surface area contributed by atoms with Gasteiger partial charge in [0.2, 0.25) is 0 Å². The number of hydrogen-bond donors (Lipinski definition) is 2. The first-order valence-electron chi connectivity index (χ1n) is 9.07. The average molecular weight is 403 g/mol. The normalized spacial score (nSPS) is 12.0. The summed E-state index contributed by atoms with van der Waals surface area (Å²) in [6.45, 7) is -0.0601. The first-order chi connectivity index (χ1) is 13.3. The third-order valence-corrected chi connectivity index (χ3v) is 3.82. The van der Waals surface area contributed by atoms with Gasteiger partial charge in [-0.2, -0.15) is 13.2 Å². The van der Waals surface area contributed by atoms with Gasteiger partial charge in [-0.25, -0.2) is 0 Å². The van der Waals surface area contributed by atoms with Crippen LogP contribution in [0.4, 0.5) is 13.2 Å². The fraction of sp³-hybridized carbons (Fsp3) is 0.579. The highest BCUT2D eigenvalue weighted by Gasteiger charge is 2.27. The average Bonchev–Trinajstić information content (AvgIpc) is 2.66. The smallest absolute Gasteiger partial charge is 0.411 e. The molecule has 0 aliphatic rings. The van der Waals surface area contributed by atoms with Gasteiger partial charge in [0.1, 0.15) is 6.61 Å². The van der Waals surface area contributed by atoms with E-state index in [2.05, 4.69) is 25.1 Å². The van der Waals surface area contributed by atoms with Crippen LogP contribution >= 0.6 is 0 Å². The Hall–Kier alpha value is -2.29. The van der Waals surface area contributed by atoms with E-state index in [-0.39, 0.29) is 12.6 Å². The van der Waals surface area contributed by atoms with Crippen LogP contribution < -0.4 is 10.6 Å². The van der Waals surface area contributed by atoms with E-state index in [0.717, 1.165) is 31.4 Å². The van der Waals surface area contributed by atoms with Crippen molar-refractivity contribution >= 4 is 11.9 Å². The minimum absolute atomic E-state index is 0.0770. The summed E-state index contributed by atoms with van der Waals surface area (Å²) < 4.78 is 45.4. The van der Waals surface area contributed by atoms with Crippen molar-refractivity contribution < 1.29 is 27.4 Å². The van der Waals surface area contributed by atoms with Crippen molar-refractivity contribution in [3.8, 4) is 0 Å². The van der Waals surface area contributed by atoms with E-state index in [1.54, 1.807) is 19.2 Å². The van der Waals surface area contributed by atoms with Gasteiger partial charge in [-0.1, -0.05) is 30.7 Å². The molecule has 1 aromatic rings. The molecule has 0 atom stereocenters. The van der Waals surface area contributed by atoms with Gasteiger partial charge in [-0.15, -0.1) is 0 Å². The summed E-state index contributed by atoms with van der Waals surface area (Å²) in [4.78, 5) is 15.1. The lowest BCUT2D eigenvalue weighted by molar-refractivity contribution is -0.176. The number of benzene rings is 1. The molecule has 0 radical (unpaired) electrons. The van der Waals surface area contributed by atoms with Crippen molar-refractivity contribution in [2.75, 3.05) is 27.3 Å². The monoisotopic (exact) mass is 403 g/mol. The number of ether oxygens (including phenoxy) is 2. The number of carbonyl (C=O) groups is 1. The molecule has 0 heterocycles. The van der Waals surface area contributed by atoms with Crippen molar-refractivity contribution in [3.05, 3.63) is 35.4 Å². The summed E-state index contributed by atoms with van der Waals surface area (Å²) in [6.07, 6.45) is -1.27. The van der Waals surface area contributed by atoms with Crippen LogP contribution in [0.5, 0.6) is 0 Å². The summed E-state index contributed by atoms with van der Waals surface area (Å²) in [5.41, 5.74) is 1.66. The Balaban J connectivity index is 2.23. The second kappa shape index (κ2) is 13.0. The van der Waals surface area contributed by atoms with E-state index in [4.69, 9.17) is 0 Å². The number of nitrogens with zero attached hydrogens (tertiary/aromatic N) is 1. The number of esters is 1. The Bertz CT molecular complexity index is 605. The molecule has 0 aliphatic heterocycles. The highest BCUT2D eigenvalue weighted by atomic mass is 19.4. The van der Waals surface area contributed by atoms with Gasteiger partial charge < -0.3 is 20.1 Å². The van der Waals surface area contributed by atoms with Gasteiger partial charge >= 0.3 is 12.1 Å². The Labute approximate surface area is 163 Å². The summed E-state index contributed by atoms with van der Waals surface area (Å²) in [5, 5.41) is 6.36. The molecule has 1 rings (SSSR count). The molecule has 158 valence electrons. The van der Waals surface area contributed by atoms with Crippen molar-refractivity contribution in [2.45, 2.75) is 45.0 Å². The molecule has 9 heteroatoms. The molecule has 0 unspecified atom stereocenters. The lowest BCUT2D eigenvalue weighted by Gasteiger charge is -2.12. The Morgan fingerprint density at radius 1 is 1.07 bits per heavy atom. The van der Waals surface area contributed by atoms with Crippen LogP contribution in [0.1, 0.15) is 36.8 Å². The van der Waals surface area contributed by atoms with E-state index in [1.165, 1.54) is 7.11 Å². The highest BCUT2D eigenvalue weighted by Crippen LogP contribution is 2.15. The Morgan fingerprint density at radius 3 is 2.36 bits per heavy atom. The zero-order valence-electron chi connectivity index (χ0n) is 16.3. The van der Waals surface area contributed by atoms with E-state index in [0.29, 0.717) is 24.5 Å². The van der Waals surface area contributed by atoms with Crippen molar-refractivity contribution in [2.24, 2.45) is 4.99 Å². The fourth-order valence-corrected chi connectivity index (χ4v) is 2.32. The maximum absolute atomic E-state index is 12.1. The second-order valence-corrected chi connectivity index (χ2v) is 6.16. The van der Waals surface area contributed by atoms with Crippen LogP contribution in [-0.2, 0) is 27.4 Å². The fourth-order valence-electron chi connectivity index (χ4n) is 2.32. The molecule has 1 aromatic carbocycles. The van der Waals surface area contributed by atoms with Crippen LogP contribution in [0.25, 0.3) is 0 Å². The van der Waals surface area contributed by atoms with Crippen LogP contribution in [-0.4, -0.2) is 45.4 Å². The molecule has 0 amide bonds. The van der Waals surface area contributed by atoms with Crippen LogP contribution in [0.15, 0.2) is 29.3 Å². The van der Waals surface area contributed by atoms with E-state index >= 15 is 0 Å². The van der Waals surface area contributed by atoms with E-state index in [9.17, 15) is 18.0 Å². The largest absolute Gasteiger partial charge is 0.469 e. The van der Waals surface area contributed by atoms with Gasteiger partial charge in [0.15, 0.2) is 5.96 Å². The maximum atomic E-state index is 12.1. The summed E-state index contributed by atoms with van der Waals surface area (Å²) in [5.74, 6) is 0.467. The van der Waals surface area contributed by atoms with Gasteiger partial charge in [0, 0.05) is 26.6 Å². The van der Waals surface area contributed by atoms with Gasteiger partial charge in [0.05, 0.1) is 13.7 Å². The number of alkyl halides is 3. The molecular weight excluding hydrogens is 375 g/mol. The molecular formula is C19H28F3N3O3. The van der Waals surface area contributed by atoms with Crippen LogP contribution in [0.3, 0.4) is 0 Å². The third kappa shape index (κ3) is 11.4. The summed E-state index contributed by atoms with van der Waals surface area (Å²) in [6, 6.07) is 7.15. The van der Waals surface area contributed by atoms with Gasteiger partial charge in [-0.05, 0) is 24.0 Å². The molecule has 6 nitrogen and oxygen atoms in total. The predicted molar refractivity (Wildman–Crippen MR) is 101 cm³/mol. The number of halogens is 3. The summed E-state index contributed by atoms with van der Waals surface area (Å²) in [7, 11) is 3.06. The number of rotatable bonds is 11. The van der Waals surface area contributed by atoms with Gasteiger partial charge in [-0.3, -0.25) is 9.79 Å². The van der Waals surface area contributed by atoms with Crippen LogP contribution in [0.2, 0.25) is 0 Å². The predicted octanol–water partition coefficient (Wildman–Crippen LogP) is 3.16. The van der Waals surface area contributed by atoms with Gasteiger partial charge in [0.25, 0.3) is 0 Å². The molecule has 0 fully saturated rings. The van der Waals surface area contributed by atoms with Crippen molar-refractivity contribution in [1.82, 2.24) is 10.6 Å². The Kier molecular flexibility index (Phi) is 11.0. The first-order valence-corrected chi connectivity index (χ1v) is 9.07. The van der Waals surface area contributed by atoms with Crippen molar-refractivity contribution in [3.63, 3.8) is 0 Å². The summed E-state index contributed by atoms with van der Waals surface area (Å²) >= 11 is 0. The molecule has 0 aromatic heterocycles. The zero-order valence-corrected chi connectivity index (χ0v) is 16.3. The highest BCUT2D eigenvalue weighted by molar-refractivity contribution is 5.79. The minimum Gasteiger partial charge on any atom is -0.469 e. The number of unbranched alkanes of at least 4 members (excludes halogenated alkanes) is 2. The number of guanidine groups is 1. The van der Waals surface area contributed by atoms with E-state index < -0.39 is 12.8 Å². The van der Waals surface area contributed by atoms with E-state index in [1.807, 2.05) is 12.1 Å². The molecule has 0 saturated carbocycles. The standard InChI is InChI=1S/C19H28F3N3O3/c1-23-18(24-11-5-3-4-6-17(26)27-2)25-12-15-7-9-16(10-8-15)13-28-14-19(20,21)22/h7-10H,3-6,11-14H2,1-2H3,(H2,23,24,25). The number of aliphatic imine (C=N–C) groups is 1. The van der Waals surface area contributed by atoms with Crippen molar-refractivity contribution in [1.29, 1.82) is 0 Å². The molecule has 28 heavy (non-hydrogen) atoms. The number of nitrogens with one attached hydrogen (secondary N) is 2. The minimum atomic E-state index is -4.31. The maximum Gasteiger partial charge on any atom is 0.411 e. The molecule has 0 saturated heterocycles. The molecule has 2 N–H and O–H groups in total. The topological polar surface area (TPSA) is 72.0 Å². The first kappa shape index (κ1) is 23.7. The third-order valence-electron chi connectivity index (χ3n) is 3.82. The number of methoxy groups -OCH3 is 1. The molecule has 0 spiro atoms. The second-order valence-electron chi connectivity index (χ2n) is 6.16. The zero-order chi connectivity index (χ0) is 20.8. The molecule has 0 bridgehead atoms.